The van der Waals surface area contributed by atoms with Gasteiger partial charge in [0.1, 0.15) is 5.52 Å². The number of nitro groups is 1. The van der Waals surface area contributed by atoms with Crippen molar-refractivity contribution in [3.63, 3.8) is 0 Å². The van der Waals surface area contributed by atoms with E-state index in [0.717, 1.165) is 25.0 Å². The van der Waals surface area contributed by atoms with Crippen molar-refractivity contribution in [2.45, 2.75) is 31.6 Å². The third kappa shape index (κ3) is 2.76. The summed E-state index contributed by atoms with van der Waals surface area (Å²) in [6.45, 7) is 0. The van der Waals surface area contributed by atoms with Gasteiger partial charge in [0, 0.05) is 12.0 Å². The molecule has 0 amide bonds. The van der Waals surface area contributed by atoms with Gasteiger partial charge in [0.2, 0.25) is 5.82 Å². The molecule has 23 heavy (non-hydrogen) atoms. The number of methoxy groups -OCH3 is 1. The van der Waals surface area contributed by atoms with Crippen LogP contribution in [0.1, 0.15) is 37.5 Å². The summed E-state index contributed by atoms with van der Waals surface area (Å²) >= 11 is 0. The summed E-state index contributed by atoms with van der Waals surface area (Å²) in [4.78, 5) is 26.1. The van der Waals surface area contributed by atoms with Crippen LogP contribution in [-0.4, -0.2) is 23.0 Å². The van der Waals surface area contributed by atoms with E-state index in [1.165, 1.54) is 7.11 Å². The third-order valence-electron chi connectivity index (χ3n) is 4.26. The van der Waals surface area contributed by atoms with Crippen LogP contribution in [0.5, 0.6) is 0 Å². The normalized spacial score (nSPS) is 21.3. The van der Waals surface area contributed by atoms with E-state index in [4.69, 9.17) is 9.15 Å². The van der Waals surface area contributed by atoms with E-state index < -0.39 is 16.4 Å². The molecule has 7 nitrogen and oxygen atoms in total. The number of benzene rings is 1. The first-order valence-corrected chi connectivity index (χ1v) is 7.33. The monoisotopic (exact) mass is 322 g/mol. The van der Waals surface area contributed by atoms with Gasteiger partial charge in [-0.3, -0.25) is 14.9 Å². The number of rotatable bonds is 3. The lowest BCUT2D eigenvalue weighted by molar-refractivity contribution is -0.387. The van der Waals surface area contributed by atoms with E-state index >= 15 is 0 Å². The molecule has 1 saturated carbocycles. The van der Waals surface area contributed by atoms with Crippen LogP contribution in [0.2, 0.25) is 0 Å². The second-order valence-corrected chi connectivity index (χ2v) is 5.60. The van der Waals surface area contributed by atoms with E-state index in [0.29, 0.717) is 18.7 Å². The van der Waals surface area contributed by atoms with Gasteiger partial charge in [0.05, 0.1) is 24.0 Å². The Hall–Kier alpha value is -2.51. The molecule has 0 aliphatic heterocycles. The highest BCUT2D eigenvalue weighted by atomic mass is 19.1. The number of oxazole rings is 1. The zero-order valence-corrected chi connectivity index (χ0v) is 12.5. The third-order valence-corrected chi connectivity index (χ3v) is 4.26. The van der Waals surface area contributed by atoms with Gasteiger partial charge in [0.25, 0.3) is 0 Å². The van der Waals surface area contributed by atoms with Crippen molar-refractivity contribution >= 4 is 22.8 Å². The summed E-state index contributed by atoms with van der Waals surface area (Å²) in [6, 6.07) is 2.01. The van der Waals surface area contributed by atoms with Crippen LogP contribution >= 0.6 is 0 Å². The van der Waals surface area contributed by atoms with Crippen molar-refractivity contribution in [3.8, 4) is 0 Å². The Bertz CT molecular complexity index is 773. The number of carbonyl (C=O) groups excluding carboxylic acids is 1. The molecule has 1 aliphatic rings. The summed E-state index contributed by atoms with van der Waals surface area (Å²) < 4.78 is 24.1. The van der Waals surface area contributed by atoms with Crippen molar-refractivity contribution in [1.82, 2.24) is 4.98 Å². The molecule has 2 aromatic rings. The number of halogens is 1. The minimum Gasteiger partial charge on any atom is -0.469 e. The van der Waals surface area contributed by atoms with Gasteiger partial charge >= 0.3 is 11.7 Å². The maximum absolute atomic E-state index is 13.7. The highest BCUT2D eigenvalue weighted by Gasteiger charge is 2.36. The van der Waals surface area contributed by atoms with Gasteiger partial charge in [-0.25, -0.2) is 4.98 Å². The molecule has 0 spiro atoms. The average Bonchev–Trinajstić information content (AvgIpc) is 2.95. The summed E-state index contributed by atoms with van der Waals surface area (Å²) in [5.74, 6) is -1.60. The van der Waals surface area contributed by atoms with Crippen molar-refractivity contribution in [2.75, 3.05) is 7.11 Å². The van der Waals surface area contributed by atoms with Gasteiger partial charge in [-0.2, -0.15) is 4.39 Å². The minimum absolute atomic E-state index is 0.141. The molecule has 1 aliphatic carbocycles. The van der Waals surface area contributed by atoms with Crippen molar-refractivity contribution in [3.05, 3.63) is 34.0 Å². The molecule has 8 heteroatoms. The molecule has 2 unspecified atom stereocenters. The van der Waals surface area contributed by atoms with Gasteiger partial charge in [-0.15, -0.1) is 0 Å². The van der Waals surface area contributed by atoms with E-state index in [-0.39, 0.29) is 28.9 Å². The molecule has 0 bridgehead atoms. The second kappa shape index (κ2) is 5.94. The van der Waals surface area contributed by atoms with Gasteiger partial charge < -0.3 is 9.15 Å². The molecule has 2 atom stereocenters. The van der Waals surface area contributed by atoms with Crippen molar-refractivity contribution in [2.24, 2.45) is 5.92 Å². The number of esters is 1. The zero-order valence-electron chi connectivity index (χ0n) is 12.5. The zero-order chi connectivity index (χ0) is 16.6. The highest BCUT2D eigenvalue weighted by Crippen LogP contribution is 2.39. The highest BCUT2D eigenvalue weighted by molar-refractivity contribution is 5.77. The Balaban J connectivity index is 2.01. The van der Waals surface area contributed by atoms with Crippen molar-refractivity contribution < 1.29 is 23.3 Å². The number of hydrogen-bond donors (Lipinski definition) is 0. The summed E-state index contributed by atoms with van der Waals surface area (Å²) in [7, 11) is 1.33. The standard InChI is InChI=1S/C15H15FN2O5/c1-22-15(19)9-5-3-2-4-8(9)14-17-11-6-10(16)12(18(20)21)7-13(11)23-14/h6-9H,2-5H2,1H3. The van der Waals surface area contributed by atoms with Crippen LogP contribution in [0.4, 0.5) is 10.1 Å². The van der Waals surface area contributed by atoms with Crippen molar-refractivity contribution in [1.29, 1.82) is 0 Å². The van der Waals surface area contributed by atoms with E-state index in [9.17, 15) is 19.3 Å². The number of ether oxygens (including phenoxy) is 1. The molecule has 1 aromatic heterocycles. The second-order valence-electron chi connectivity index (χ2n) is 5.60. The first-order valence-electron chi connectivity index (χ1n) is 7.33. The summed E-state index contributed by atoms with van der Waals surface area (Å²) in [5.41, 5.74) is -0.312. The van der Waals surface area contributed by atoms with Crippen LogP contribution in [0.25, 0.3) is 11.1 Å². The van der Waals surface area contributed by atoms with Crippen LogP contribution in [0.3, 0.4) is 0 Å². The number of nitro benzene ring substituents is 1. The molecule has 122 valence electrons. The summed E-state index contributed by atoms with van der Waals surface area (Å²) in [5, 5.41) is 10.8. The minimum atomic E-state index is -0.962. The maximum atomic E-state index is 13.7. The first-order chi connectivity index (χ1) is 11.0. The Morgan fingerprint density at radius 1 is 1.43 bits per heavy atom. The lowest BCUT2D eigenvalue weighted by Crippen LogP contribution is -2.26. The van der Waals surface area contributed by atoms with Crippen LogP contribution in [-0.2, 0) is 9.53 Å². The molecule has 1 heterocycles. The SMILES string of the molecule is COC(=O)C1CCCCC1c1nc2cc(F)c([N+](=O)[O-])cc2o1. The van der Waals surface area contributed by atoms with E-state index in [1.54, 1.807) is 0 Å². The first kappa shape index (κ1) is 15.4. The molecular formula is C15H15FN2O5. The number of carbonyl (C=O) groups is 1. The Morgan fingerprint density at radius 3 is 2.87 bits per heavy atom. The fourth-order valence-corrected chi connectivity index (χ4v) is 3.11. The van der Waals surface area contributed by atoms with Crippen LogP contribution < -0.4 is 0 Å². The number of fused-ring (bicyclic) bond motifs is 1. The molecule has 0 radical (unpaired) electrons. The molecule has 3 rings (SSSR count). The van der Waals surface area contributed by atoms with Gasteiger partial charge in [-0.05, 0) is 12.8 Å². The lowest BCUT2D eigenvalue weighted by Gasteiger charge is -2.26. The number of aromatic nitrogens is 1. The number of hydrogen-bond acceptors (Lipinski definition) is 6. The molecule has 0 N–H and O–H groups in total. The Morgan fingerprint density at radius 2 is 2.17 bits per heavy atom. The molecule has 1 aromatic carbocycles. The van der Waals surface area contributed by atoms with Crippen LogP contribution in [0, 0.1) is 21.8 Å². The average molecular weight is 322 g/mol. The molecule has 0 saturated heterocycles. The topological polar surface area (TPSA) is 95.5 Å². The Labute approximate surface area is 130 Å². The molecular weight excluding hydrogens is 307 g/mol. The van der Waals surface area contributed by atoms with Gasteiger partial charge in [0.15, 0.2) is 11.5 Å². The van der Waals surface area contributed by atoms with E-state index in [1.807, 2.05) is 0 Å². The maximum Gasteiger partial charge on any atom is 0.309 e. The van der Waals surface area contributed by atoms with E-state index in [2.05, 4.69) is 4.98 Å². The molecule has 1 fully saturated rings. The summed E-state index contributed by atoms with van der Waals surface area (Å²) in [6.07, 6.45) is 3.21. The van der Waals surface area contributed by atoms with Crippen LogP contribution in [0.15, 0.2) is 16.5 Å². The predicted molar refractivity (Wildman–Crippen MR) is 77.3 cm³/mol. The smallest absolute Gasteiger partial charge is 0.309 e. The Kier molecular flexibility index (Phi) is 3.97. The number of nitrogens with zero attached hydrogens (tertiary/aromatic N) is 2. The van der Waals surface area contributed by atoms with Gasteiger partial charge in [-0.1, -0.05) is 12.8 Å². The largest absolute Gasteiger partial charge is 0.469 e. The quantitative estimate of drug-likeness (QED) is 0.488. The fraction of sp³-hybridized carbons (Fsp3) is 0.467. The predicted octanol–water partition coefficient (Wildman–Crippen LogP) is 3.32. The lowest BCUT2D eigenvalue weighted by atomic mass is 9.79. The fourth-order valence-electron chi connectivity index (χ4n) is 3.11.